The summed E-state index contributed by atoms with van der Waals surface area (Å²) in [6.07, 6.45) is 8.46. The molecule has 5 heterocycles. The van der Waals surface area contributed by atoms with Gasteiger partial charge in [-0.15, -0.1) is 16.6 Å². The summed E-state index contributed by atoms with van der Waals surface area (Å²) in [6.45, 7) is 41.0. The van der Waals surface area contributed by atoms with Crippen LogP contribution in [0, 0.1) is 0 Å². The monoisotopic (exact) mass is 1110 g/mol. The summed E-state index contributed by atoms with van der Waals surface area (Å²) in [5, 5.41) is 12.5. The molecule has 2 aliphatic rings. The molecule has 0 atom stereocenters. The molecule has 0 saturated carbocycles. The minimum atomic E-state index is -0.154. The SMILES string of the molecule is CC(C)(C)c1cc(-c2c3nc(c(-c4cc(C(C)(C)C)cc(C(C)(C)C)c4)c4cc(O)c([n-]4)c(-c4ccc(Br)cc4)c4nc(c(-c5cc(C(C)(C)C)cc(C(C)(C)C)c5)c5ccc2[n-]5)C=C4)C=C3)cc(C(C)(C)C)c1.[Cu+2]. The van der Waals surface area contributed by atoms with Crippen LogP contribution in [0.5, 0.6) is 5.75 Å². The van der Waals surface area contributed by atoms with Gasteiger partial charge >= 0.3 is 17.1 Å². The molecule has 1 radical (unpaired) electrons. The van der Waals surface area contributed by atoms with Gasteiger partial charge in [-0.1, -0.05) is 225 Å². The smallest absolute Gasteiger partial charge is 0.657 e. The van der Waals surface area contributed by atoms with Crippen LogP contribution in [-0.2, 0) is 49.6 Å². The van der Waals surface area contributed by atoms with E-state index in [0.717, 1.165) is 77.1 Å². The van der Waals surface area contributed by atoms with Crippen molar-refractivity contribution in [2.75, 3.05) is 0 Å². The number of hydrogen-bond donors (Lipinski definition) is 1. The van der Waals surface area contributed by atoms with Crippen molar-refractivity contribution >= 4 is 62.3 Å². The predicted octanol–water partition coefficient (Wildman–Crippen LogP) is 18.8. The molecule has 0 fully saturated rings. The van der Waals surface area contributed by atoms with Crippen molar-refractivity contribution in [3.63, 3.8) is 0 Å². The second-order valence-corrected chi connectivity index (χ2v) is 27.8. The molecule has 0 saturated heterocycles. The van der Waals surface area contributed by atoms with Gasteiger partial charge in [-0.3, -0.25) is 0 Å². The van der Waals surface area contributed by atoms with E-state index in [1.165, 1.54) is 33.4 Å². The van der Waals surface area contributed by atoms with Crippen LogP contribution < -0.4 is 9.97 Å². The average molecular weight is 1110 g/mol. The minimum absolute atomic E-state index is 0. The molecule has 5 nitrogen and oxygen atoms in total. The Morgan fingerprint density at radius 1 is 0.347 bits per heavy atom. The largest absolute Gasteiger partial charge is 2.00 e. The van der Waals surface area contributed by atoms with Crippen LogP contribution in [0.4, 0.5) is 0 Å². The molecule has 391 valence electrons. The van der Waals surface area contributed by atoms with Crippen molar-refractivity contribution in [2.24, 2.45) is 0 Å². The molecule has 7 aromatic rings. The molecular formula is C68H75BrCuN4O. The molecule has 0 amide bonds. The molecule has 9 rings (SSSR count). The molecule has 8 bridgehead atoms. The predicted molar refractivity (Wildman–Crippen MR) is 320 cm³/mol. The molecule has 75 heavy (non-hydrogen) atoms. The molecule has 7 heteroatoms. The standard InChI is InChI=1S/C68H75BrN4O.Cu/c1-63(2,3)43-29-40(30-44(35-43)64(4,5)6)58-50-23-24-51(70-50)59(41-31-45(65(7,8)9)36-46(32-41)66(10,11)12)53-27-28-55(72-53)61(39-19-21-49(69)22-20-39)62-57(74)38-56(73-62)60(54-26-25-52(58)71-54)42-33-47(67(13,14)15)37-48(34-42)68(16,17)18;/h19-38H,1-18H3,(H-2,70,71,72,73,74);/q-2;+2. The summed E-state index contributed by atoms with van der Waals surface area (Å²) in [5.74, 6) is 0.0684. The van der Waals surface area contributed by atoms with Gasteiger partial charge in [0.05, 0.1) is 28.5 Å². The van der Waals surface area contributed by atoms with Crippen molar-refractivity contribution in [3.05, 3.63) is 158 Å². The van der Waals surface area contributed by atoms with Crippen molar-refractivity contribution in [2.45, 2.75) is 157 Å². The molecule has 0 spiro atoms. The van der Waals surface area contributed by atoms with E-state index in [0.29, 0.717) is 16.7 Å². The van der Waals surface area contributed by atoms with E-state index < -0.39 is 0 Å². The first-order valence-electron chi connectivity index (χ1n) is 26.3. The van der Waals surface area contributed by atoms with Crippen LogP contribution in [-0.4, -0.2) is 15.1 Å². The second-order valence-electron chi connectivity index (χ2n) is 26.9. The number of halogens is 1. The number of benzene rings is 4. The fourth-order valence-electron chi connectivity index (χ4n) is 9.86. The third-order valence-corrected chi connectivity index (χ3v) is 15.2. The van der Waals surface area contributed by atoms with Crippen LogP contribution in [0.3, 0.4) is 0 Å². The van der Waals surface area contributed by atoms with E-state index >= 15 is 0 Å². The number of aromatic hydroxyl groups is 1. The van der Waals surface area contributed by atoms with E-state index in [1.54, 1.807) is 0 Å². The van der Waals surface area contributed by atoms with Gasteiger partial charge in [0, 0.05) is 4.47 Å². The maximum Gasteiger partial charge on any atom is 2.00 e. The zero-order valence-electron chi connectivity index (χ0n) is 47.5. The minimum Gasteiger partial charge on any atom is -0.657 e. The number of hydrogen-bond acceptors (Lipinski definition) is 3. The van der Waals surface area contributed by atoms with Gasteiger partial charge in [-0.05, 0) is 153 Å². The Balaban J connectivity index is 0.00000747. The zero-order chi connectivity index (χ0) is 53.8. The van der Waals surface area contributed by atoms with Gasteiger partial charge in [0.15, 0.2) is 0 Å². The van der Waals surface area contributed by atoms with Crippen LogP contribution in [0.1, 0.15) is 181 Å². The maximum absolute atomic E-state index is 12.5. The Bertz CT molecular complexity index is 3520. The van der Waals surface area contributed by atoms with Crippen LogP contribution in [0.25, 0.3) is 90.9 Å². The topological polar surface area (TPSA) is 74.2 Å². The molecule has 0 unspecified atom stereocenters. The summed E-state index contributed by atoms with van der Waals surface area (Å²) in [7, 11) is 0. The second kappa shape index (κ2) is 19.4. The van der Waals surface area contributed by atoms with E-state index in [9.17, 15) is 5.11 Å². The number of nitrogens with zero attached hydrogens (tertiary/aromatic N) is 4. The van der Waals surface area contributed by atoms with Crippen LogP contribution in [0.15, 0.2) is 102 Å². The van der Waals surface area contributed by atoms with Gasteiger partial charge in [-0.25, -0.2) is 9.97 Å². The molecule has 3 aromatic heterocycles. The Labute approximate surface area is 466 Å². The van der Waals surface area contributed by atoms with Crippen molar-refractivity contribution in [1.82, 2.24) is 19.9 Å². The first kappa shape index (κ1) is 55.5. The summed E-state index contributed by atoms with van der Waals surface area (Å²) in [6, 6.07) is 35.4. The van der Waals surface area contributed by atoms with Gasteiger partial charge in [0.2, 0.25) is 0 Å². The van der Waals surface area contributed by atoms with Gasteiger partial charge in [0.25, 0.3) is 0 Å². The molecule has 2 aliphatic heterocycles. The van der Waals surface area contributed by atoms with Gasteiger partial charge in [0.1, 0.15) is 0 Å². The van der Waals surface area contributed by atoms with Gasteiger partial charge < -0.3 is 15.1 Å². The Morgan fingerprint density at radius 2 is 0.640 bits per heavy atom. The number of aromatic nitrogens is 4. The summed E-state index contributed by atoms with van der Waals surface area (Å²) in [5.41, 5.74) is 19.7. The molecule has 4 aromatic carbocycles. The van der Waals surface area contributed by atoms with E-state index in [1.807, 2.05) is 18.2 Å². The van der Waals surface area contributed by atoms with Crippen LogP contribution >= 0.6 is 15.9 Å². The van der Waals surface area contributed by atoms with E-state index in [4.69, 9.17) is 19.9 Å². The Kier molecular flexibility index (Phi) is 14.3. The fraction of sp³-hybridized carbons (Fsp3) is 0.353. The van der Waals surface area contributed by atoms with E-state index in [-0.39, 0.29) is 55.3 Å². The summed E-state index contributed by atoms with van der Waals surface area (Å²) < 4.78 is 0.951. The van der Waals surface area contributed by atoms with Crippen molar-refractivity contribution < 1.29 is 22.2 Å². The molecule has 0 aliphatic carbocycles. The van der Waals surface area contributed by atoms with Crippen LogP contribution in [0.2, 0.25) is 0 Å². The Morgan fingerprint density at radius 3 is 0.947 bits per heavy atom. The third-order valence-electron chi connectivity index (χ3n) is 14.7. The first-order valence-corrected chi connectivity index (χ1v) is 27.1. The summed E-state index contributed by atoms with van der Waals surface area (Å²) >= 11 is 3.68. The average Bonchev–Trinajstić information content (AvgIpc) is 4.13. The first-order chi connectivity index (χ1) is 34.2. The van der Waals surface area contributed by atoms with E-state index in [2.05, 4.69) is 244 Å². The fourth-order valence-corrected chi connectivity index (χ4v) is 10.1. The third kappa shape index (κ3) is 11.3. The van der Waals surface area contributed by atoms with Gasteiger partial charge in [-0.2, -0.15) is 0 Å². The zero-order valence-corrected chi connectivity index (χ0v) is 50.0. The Hall–Kier alpha value is -5.72. The quantitative estimate of drug-likeness (QED) is 0.178. The normalized spacial score (nSPS) is 13.4. The summed E-state index contributed by atoms with van der Waals surface area (Å²) in [4.78, 5) is 22.5. The number of fused-ring (bicyclic) bond motifs is 8. The van der Waals surface area contributed by atoms with Crippen molar-refractivity contribution in [3.8, 4) is 50.3 Å². The maximum atomic E-state index is 12.5. The molecule has 1 N–H and O–H groups in total. The van der Waals surface area contributed by atoms with Crippen molar-refractivity contribution in [1.29, 1.82) is 0 Å². The number of rotatable bonds is 4. The molecular weight excluding hydrogens is 1030 g/mol.